The molecule has 1 fully saturated rings. The molecule has 1 aliphatic heterocycles. The van der Waals surface area contributed by atoms with Crippen LogP contribution < -0.4 is 4.90 Å². The Hall–Kier alpha value is -2.18. The molecule has 0 spiro atoms. The lowest BCUT2D eigenvalue weighted by Crippen LogP contribution is -2.34. The van der Waals surface area contributed by atoms with Gasteiger partial charge in [0.25, 0.3) is 5.69 Å². The minimum absolute atomic E-state index is 0.343. The van der Waals surface area contributed by atoms with Gasteiger partial charge < -0.3 is 10.0 Å². The van der Waals surface area contributed by atoms with Gasteiger partial charge in [0.1, 0.15) is 11.7 Å². The number of nitro benzene ring substituents is 1. The van der Waals surface area contributed by atoms with Crippen LogP contribution in [0, 0.1) is 10.1 Å². The summed E-state index contributed by atoms with van der Waals surface area (Å²) in [6.45, 7) is 0.968. The number of hydrogen-bond donors (Lipinski definition) is 1. The highest BCUT2D eigenvalue weighted by atomic mass is 19.1. The van der Waals surface area contributed by atoms with Crippen molar-refractivity contribution in [2.24, 2.45) is 0 Å². The maximum absolute atomic E-state index is 13.0. The van der Waals surface area contributed by atoms with Gasteiger partial charge in [-0.15, -0.1) is 0 Å². The lowest BCUT2D eigenvalue weighted by molar-refractivity contribution is -0.385. The second kappa shape index (κ2) is 5.21. The maximum atomic E-state index is 13.0. The largest absolute Gasteiger partial charge is 0.477 e. The summed E-state index contributed by atoms with van der Waals surface area (Å²) in [5, 5.41) is 19.7. The van der Waals surface area contributed by atoms with Gasteiger partial charge in [-0.2, -0.15) is 0 Å². The number of anilines is 1. The van der Waals surface area contributed by atoms with E-state index in [2.05, 4.69) is 0 Å². The fourth-order valence-corrected chi connectivity index (χ4v) is 2.16. The molecule has 0 amide bonds. The molecule has 1 aromatic carbocycles. The predicted octanol–water partition coefficient (Wildman–Crippen LogP) is 2.23. The van der Waals surface area contributed by atoms with Crippen molar-refractivity contribution in [3.8, 4) is 0 Å². The number of aromatic carboxylic acids is 1. The number of alkyl halides is 1. The number of carboxylic acid groups (broad SMARTS) is 1. The van der Waals surface area contributed by atoms with E-state index in [4.69, 9.17) is 5.11 Å². The average molecular weight is 268 g/mol. The van der Waals surface area contributed by atoms with Gasteiger partial charge in [0, 0.05) is 24.8 Å². The molecule has 7 heteroatoms. The van der Waals surface area contributed by atoms with Crippen LogP contribution in [-0.2, 0) is 0 Å². The molecule has 0 bridgehead atoms. The number of carbonyl (C=O) groups is 1. The highest BCUT2D eigenvalue weighted by Gasteiger charge is 2.23. The first kappa shape index (κ1) is 13.3. The van der Waals surface area contributed by atoms with Crippen molar-refractivity contribution < 1.29 is 19.2 Å². The van der Waals surface area contributed by atoms with Crippen molar-refractivity contribution >= 4 is 17.3 Å². The Morgan fingerprint density at radius 2 is 2.05 bits per heavy atom. The Bertz CT molecular complexity index is 512. The third kappa shape index (κ3) is 2.81. The topological polar surface area (TPSA) is 83.7 Å². The van der Waals surface area contributed by atoms with Crippen LogP contribution in [0.4, 0.5) is 15.8 Å². The molecule has 0 saturated carbocycles. The molecule has 0 atom stereocenters. The molecule has 0 aromatic heterocycles. The van der Waals surface area contributed by atoms with Gasteiger partial charge in [0.15, 0.2) is 0 Å². The lowest BCUT2D eigenvalue weighted by Gasteiger charge is -2.30. The normalized spacial score (nSPS) is 16.4. The van der Waals surface area contributed by atoms with Gasteiger partial charge in [-0.3, -0.25) is 10.1 Å². The van der Waals surface area contributed by atoms with Crippen LogP contribution >= 0.6 is 0 Å². The van der Waals surface area contributed by atoms with Gasteiger partial charge in [0.05, 0.1) is 4.92 Å². The van der Waals surface area contributed by atoms with Crippen molar-refractivity contribution in [2.45, 2.75) is 19.0 Å². The lowest BCUT2D eigenvalue weighted by atomic mass is 10.1. The van der Waals surface area contributed by atoms with E-state index in [9.17, 15) is 19.3 Å². The summed E-state index contributed by atoms with van der Waals surface area (Å²) in [7, 11) is 0. The molecule has 0 aliphatic carbocycles. The molecule has 1 aliphatic rings. The molecule has 1 aromatic rings. The second-order valence-electron chi connectivity index (χ2n) is 4.43. The highest BCUT2D eigenvalue weighted by Crippen LogP contribution is 2.27. The van der Waals surface area contributed by atoms with E-state index in [1.54, 1.807) is 0 Å². The smallest absolute Gasteiger partial charge is 0.342 e. The zero-order valence-corrected chi connectivity index (χ0v) is 10.1. The van der Waals surface area contributed by atoms with Crippen LogP contribution in [0.25, 0.3) is 0 Å². The van der Waals surface area contributed by atoms with Crippen molar-refractivity contribution in [1.29, 1.82) is 0 Å². The van der Waals surface area contributed by atoms with E-state index in [1.807, 2.05) is 4.90 Å². The Labute approximate surface area is 108 Å². The van der Waals surface area contributed by atoms with Crippen molar-refractivity contribution in [2.75, 3.05) is 18.0 Å². The van der Waals surface area contributed by atoms with Crippen molar-refractivity contribution in [3.63, 3.8) is 0 Å². The van der Waals surface area contributed by atoms with Crippen molar-refractivity contribution in [3.05, 3.63) is 33.9 Å². The highest BCUT2D eigenvalue weighted by molar-refractivity contribution is 5.93. The molecule has 1 saturated heterocycles. The van der Waals surface area contributed by atoms with Crippen LogP contribution in [0.5, 0.6) is 0 Å². The summed E-state index contributed by atoms with van der Waals surface area (Å²) in [4.78, 5) is 22.9. The van der Waals surface area contributed by atoms with Crippen LogP contribution in [0.3, 0.4) is 0 Å². The molecule has 1 heterocycles. The zero-order chi connectivity index (χ0) is 14.0. The van der Waals surface area contributed by atoms with Gasteiger partial charge in [-0.1, -0.05) is 0 Å². The number of nitro groups is 1. The summed E-state index contributed by atoms with van der Waals surface area (Å²) in [5.41, 5.74) is -0.198. The number of rotatable bonds is 3. The number of nitrogens with zero attached hydrogens (tertiary/aromatic N) is 2. The SMILES string of the molecule is O=C(O)c1cc(N2CCC(F)CC2)ccc1[N+](=O)[O-]. The van der Waals surface area contributed by atoms with Crippen LogP contribution in [0.2, 0.25) is 0 Å². The van der Waals surface area contributed by atoms with Gasteiger partial charge in [-0.05, 0) is 25.0 Å². The fourth-order valence-electron chi connectivity index (χ4n) is 2.16. The minimum atomic E-state index is -1.34. The monoisotopic (exact) mass is 268 g/mol. The van der Waals surface area contributed by atoms with E-state index >= 15 is 0 Å². The molecule has 102 valence electrons. The summed E-state index contributed by atoms with van der Waals surface area (Å²) >= 11 is 0. The third-order valence-corrected chi connectivity index (χ3v) is 3.20. The van der Waals surface area contributed by atoms with Gasteiger partial charge in [-0.25, -0.2) is 9.18 Å². The summed E-state index contributed by atoms with van der Waals surface area (Å²) in [6.07, 6.45) is -0.0491. The van der Waals surface area contributed by atoms with Crippen LogP contribution in [0.1, 0.15) is 23.2 Å². The number of piperidine rings is 1. The molecule has 19 heavy (non-hydrogen) atoms. The number of halogens is 1. The van der Waals surface area contributed by atoms with Crippen molar-refractivity contribution in [1.82, 2.24) is 0 Å². The Morgan fingerprint density at radius 3 is 2.58 bits per heavy atom. The molecule has 0 unspecified atom stereocenters. The standard InChI is InChI=1S/C12H13FN2O4/c13-8-3-5-14(6-4-8)9-1-2-11(15(18)19)10(7-9)12(16)17/h1-2,7-8H,3-6H2,(H,16,17). The number of carboxylic acids is 1. The summed E-state index contributed by atoms with van der Waals surface area (Å²) < 4.78 is 13.0. The zero-order valence-electron chi connectivity index (χ0n) is 10.1. The first-order valence-corrected chi connectivity index (χ1v) is 5.90. The minimum Gasteiger partial charge on any atom is -0.477 e. The average Bonchev–Trinajstić information content (AvgIpc) is 2.38. The van der Waals surface area contributed by atoms with E-state index in [1.165, 1.54) is 18.2 Å². The molecular weight excluding hydrogens is 255 g/mol. The van der Waals surface area contributed by atoms with E-state index < -0.39 is 22.8 Å². The molecule has 1 N–H and O–H groups in total. The first-order chi connectivity index (χ1) is 8.99. The summed E-state index contributed by atoms with van der Waals surface area (Å²) in [5.74, 6) is -1.34. The number of hydrogen-bond acceptors (Lipinski definition) is 4. The number of benzene rings is 1. The van der Waals surface area contributed by atoms with E-state index in [-0.39, 0.29) is 5.56 Å². The molecular formula is C12H13FN2O4. The molecule has 0 radical (unpaired) electrons. The van der Waals surface area contributed by atoms with E-state index in [0.717, 1.165) is 0 Å². The second-order valence-corrected chi connectivity index (χ2v) is 4.43. The Morgan fingerprint density at radius 1 is 1.42 bits per heavy atom. The predicted molar refractivity (Wildman–Crippen MR) is 66.4 cm³/mol. The fraction of sp³-hybridized carbons (Fsp3) is 0.417. The Kier molecular flexibility index (Phi) is 3.64. The molecule has 2 rings (SSSR count). The van der Waals surface area contributed by atoms with E-state index in [0.29, 0.717) is 31.6 Å². The van der Waals surface area contributed by atoms with Crippen LogP contribution in [0.15, 0.2) is 18.2 Å². The maximum Gasteiger partial charge on any atom is 0.342 e. The third-order valence-electron chi connectivity index (χ3n) is 3.20. The van der Waals surface area contributed by atoms with Gasteiger partial charge >= 0.3 is 5.97 Å². The van der Waals surface area contributed by atoms with Crippen LogP contribution in [-0.4, -0.2) is 35.3 Å². The molecule has 6 nitrogen and oxygen atoms in total. The first-order valence-electron chi connectivity index (χ1n) is 5.90. The van der Waals surface area contributed by atoms with Gasteiger partial charge in [0.2, 0.25) is 0 Å². The quantitative estimate of drug-likeness (QED) is 0.671. The summed E-state index contributed by atoms with van der Waals surface area (Å²) in [6, 6.07) is 3.96. The Balaban J connectivity index is 2.30.